The van der Waals surface area contributed by atoms with E-state index in [2.05, 4.69) is 15.2 Å². The highest BCUT2D eigenvalue weighted by atomic mass is 16.6. The Labute approximate surface area is 109 Å². The number of H-pyrrole nitrogens is 1. The Morgan fingerprint density at radius 1 is 1.53 bits per heavy atom. The van der Waals surface area contributed by atoms with Crippen molar-refractivity contribution in [1.82, 2.24) is 15.2 Å². The number of rotatable bonds is 5. The first kappa shape index (κ1) is 13.1. The standard InChI is InChI=1S/C12H15N3O4/c1-4-17-11(16)9-5-8(14-15-9)10-6-13-12(19-10)18-7(2)3/h5-7H,4H2,1-3H3,(H,14,15). The van der Waals surface area contributed by atoms with Gasteiger partial charge in [0, 0.05) is 6.07 Å². The highest BCUT2D eigenvalue weighted by Gasteiger charge is 2.15. The summed E-state index contributed by atoms with van der Waals surface area (Å²) < 4.78 is 15.5. The summed E-state index contributed by atoms with van der Waals surface area (Å²) in [5.41, 5.74) is 0.730. The molecule has 0 fully saturated rings. The molecular formula is C12H15N3O4. The Morgan fingerprint density at radius 2 is 2.32 bits per heavy atom. The maximum Gasteiger partial charge on any atom is 0.394 e. The highest BCUT2D eigenvalue weighted by Crippen LogP contribution is 2.23. The van der Waals surface area contributed by atoms with Gasteiger partial charge in [-0.25, -0.2) is 4.79 Å². The zero-order chi connectivity index (χ0) is 13.8. The van der Waals surface area contributed by atoms with E-state index in [9.17, 15) is 4.79 Å². The van der Waals surface area contributed by atoms with Gasteiger partial charge >= 0.3 is 12.0 Å². The fourth-order valence-electron chi connectivity index (χ4n) is 1.40. The van der Waals surface area contributed by atoms with Gasteiger partial charge in [0.25, 0.3) is 0 Å². The Balaban J connectivity index is 2.14. The van der Waals surface area contributed by atoms with Crippen molar-refractivity contribution in [1.29, 1.82) is 0 Å². The van der Waals surface area contributed by atoms with Gasteiger partial charge in [-0.15, -0.1) is 0 Å². The quantitative estimate of drug-likeness (QED) is 0.832. The molecule has 2 aromatic heterocycles. The molecule has 0 unspecified atom stereocenters. The van der Waals surface area contributed by atoms with Gasteiger partial charge in [0.15, 0.2) is 11.5 Å². The van der Waals surface area contributed by atoms with Crippen molar-refractivity contribution in [2.75, 3.05) is 6.61 Å². The molecule has 0 aliphatic rings. The van der Waals surface area contributed by atoms with Crippen LogP contribution in [-0.2, 0) is 4.74 Å². The summed E-state index contributed by atoms with van der Waals surface area (Å²) in [5.74, 6) is -0.0399. The van der Waals surface area contributed by atoms with Gasteiger partial charge in [-0.3, -0.25) is 5.10 Å². The normalized spacial score (nSPS) is 10.7. The second-order valence-electron chi connectivity index (χ2n) is 4.04. The van der Waals surface area contributed by atoms with Crippen LogP contribution in [0.1, 0.15) is 31.3 Å². The minimum atomic E-state index is -0.483. The van der Waals surface area contributed by atoms with E-state index in [-0.39, 0.29) is 17.9 Å². The van der Waals surface area contributed by atoms with Gasteiger partial charge in [0.05, 0.1) is 18.9 Å². The molecule has 0 aliphatic carbocycles. The van der Waals surface area contributed by atoms with Crippen molar-refractivity contribution in [3.8, 4) is 17.5 Å². The Morgan fingerprint density at radius 3 is 3.00 bits per heavy atom. The lowest BCUT2D eigenvalue weighted by molar-refractivity contribution is 0.0519. The third-order valence-corrected chi connectivity index (χ3v) is 2.15. The summed E-state index contributed by atoms with van der Waals surface area (Å²) in [5, 5.41) is 6.54. The average Bonchev–Trinajstić information content (AvgIpc) is 2.96. The SMILES string of the molecule is CCOC(=O)c1cc(-c2cnc(OC(C)C)o2)[nH]n1. The lowest BCUT2D eigenvalue weighted by Gasteiger charge is -2.02. The second kappa shape index (κ2) is 5.55. The average molecular weight is 265 g/mol. The first-order valence-electron chi connectivity index (χ1n) is 5.95. The van der Waals surface area contributed by atoms with Crippen molar-refractivity contribution < 1.29 is 18.7 Å². The molecule has 2 aromatic rings. The van der Waals surface area contributed by atoms with E-state index in [4.69, 9.17) is 13.9 Å². The molecule has 1 N–H and O–H groups in total. The number of nitrogens with zero attached hydrogens (tertiary/aromatic N) is 2. The van der Waals surface area contributed by atoms with Crippen LogP contribution >= 0.6 is 0 Å². The van der Waals surface area contributed by atoms with Crippen LogP contribution in [-0.4, -0.2) is 33.9 Å². The van der Waals surface area contributed by atoms with E-state index in [1.807, 2.05) is 13.8 Å². The van der Waals surface area contributed by atoms with Gasteiger partial charge in [-0.1, -0.05) is 0 Å². The summed E-state index contributed by atoms with van der Waals surface area (Å²) in [6.07, 6.45) is 1.65. The summed E-state index contributed by atoms with van der Waals surface area (Å²) in [6, 6.07) is 1.54. The first-order valence-corrected chi connectivity index (χ1v) is 5.95. The summed E-state index contributed by atoms with van der Waals surface area (Å²) in [7, 11) is 0. The zero-order valence-electron chi connectivity index (χ0n) is 11.0. The number of aromatic amines is 1. The minimum absolute atomic E-state index is 0.0247. The van der Waals surface area contributed by atoms with E-state index in [1.165, 1.54) is 12.3 Å². The molecular weight excluding hydrogens is 250 g/mol. The van der Waals surface area contributed by atoms with Gasteiger partial charge in [0.1, 0.15) is 5.69 Å². The number of hydrogen-bond acceptors (Lipinski definition) is 6. The highest BCUT2D eigenvalue weighted by molar-refractivity contribution is 5.88. The molecule has 0 amide bonds. The third kappa shape index (κ3) is 3.12. The van der Waals surface area contributed by atoms with Crippen LogP contribution in [0.15, 0.2) is 16.7 Å². The molecule has 0 saturated heterocycles. The first-order chi connectivity index (χ1) is 9.10. The van der Waals surface area contributed by atoms with E-state index < -0.39 is 5.97 Å². The Bertz CT molecular complexity index is 559. The maximum atomic E-state index is 11.5. The number of aromatic nitrogens is 3. The van der Waals surface area contributed by atoms with Crippen LogP contribution < -0.4 is 4.74 Å². The molecule has 0 aliphatic heterocycles. The molecule has 0 saturated carbocycles. The van der Waals surface area contributed by atoms with Crippen LogP contribution in [0.3, 0.4) is 0 Å². The molecule has 0 aromatic carbocycles. The lowest BCUT2D eigenvalue weighted by atomic mass is 10.3. The minimum Gasteiger partial charge on any atom is -0.461 e. The molecule has 0 spiro atoms. The molecule has 19 heavy (non-hydrogen) atoms. The summed E-state index contributed by atoms with van der Waals surface area (Å²) >= 11 is 0. The predicted molar refractivity (Wildman–Crippen MR) is 65.8 cm³/mol. The molecule has 0 radical (unpaired) electrons. The van der Waals surface area contributed by atoms with Gasteiger partial charge in [0.2, 0.25) is 0 Å². The summed E-state index contributed by atoms with van der Waals surface area (Å²) in [6.45, 7) is 5.78. The number of ether oxygens (including phenoxy) is 2. The molecule has 0 bridgehead atoms. The number of carbonyl (C=O) groups excluding carboxylic acids is 1. The van der Waals surface area contributed by atoms with E-state index in [1.54, 1.807) is 6.92 Å². The van der Waals surface area contributed by atoms with Gasteiger partial charge in [-0.05, 0) is 20.8 Å². The van der Waals surface area contributed by atoms with Crippen molar-refractivity contribution in [2.45, 2.75) is 26.9 Å². The van der Waals surface area contributed by atoms with Crippen LogP contribution in [0.5, 0.6) is 6.08 Å². The number of carbonyl (C=O) groups is 1. The zero-order valence-corrected chi connectivity index (χ0v) is 11.0. The van der Waals surface area contributed by atoms with Crippen LogP contribution in [0.25, 0.3) is 11.5 Å². The van der Waals surface area contributed by atoms with Crippen LogP contribution in [0.4, 0.5) is 0 Å². The molecule has 102 valence electrons. The van der Waals surface area contributed by atoms with Gasteiger partial charge in [-0.2, -0.15) is 10.1 Å². The molecule has 0 atom stereocenters. The van der Waals surface area contributed by atoms with Crippen LogP contribution in [0, 0.1) is 0 Å². The van der Waals surface area contributed by atoms with Crippen molar-refractivity contribution in [3.63, 3.8) is 0 Å². The number of esters is 1. The molecule has 7 heteroatoms. The maximum absolute atomic E-state index is 11.5. The van der Waals surface area contributed by atoms with Crippen molar-refractivity contribution in [3.05, 3.63) is 18.0 Å². The predicted octanol–water partition coefficient (Wildman–Crippen LogP) is 2.03. The third-order valence-electron chi connectivity index (χ3n) is 2.15. The van der Waals surface area contributed by atoms with Gasteiger partial charge < -0.3 is 13.9 Å². The number of oxazole rings is 1. The van der Waals surface area contributed by atoms with Crippen molar-refractivity contribution >= 4 is 5.97 Å². The van der Waals surface area contributed by atoms with E-state index in [0.29, 0.717) is 18.1 Å². The molecule has 2 heterocycles. The number of nitrogens with one attached hydrogen (secondary N) is 1. The Hall–Kier alpha value is -2.31. The topological polar surface area (TPSA) is 90.2 Å². The smallest absolute Gasteiger partial charge is 0.394 e. The summed E-state index contributed by atoms with van der Waals surface area (Å²) in [4.78, 5) is 15.4. The lowest BCUT2D eigenvalue weighted by Crippen LogP contribution is -2.05. The largest absolute Gasteiger partial charge is 0.461 e. The van der Waals surface area contributed by atoms with E-state index >= 15 is 0 Å². The monoisotopic (exact) mass is 265 g/mol. The van der Waals surface area contributed by atoms with Crippen LogP contribution in [0.2, 0.25) is 0 Å². The number of hydrogen-bond donors (Lipinski definition) is 1. The molecule has 2 rings (SSSR count). The Kier molecular flexibility index (Phi) is 3.84. The molecule has 7 nitrogen and oxygen atoms in total. The second-order valence-corrected chi connectivity index (χ2v) is 4.04. The van der Waals surface area contributed by atoms with Crippen molar-refractivity contribution in [2.24, 2.45) is 0 Å². The fourth-order valence-corrected chi connectivity index (χ4v) is 1.40. The fraction of sp³-hybridized carbons (Fsp3) is 0.417. The van der Waals surface area contributed by atoms with E-state index in [0.717, 1.165) is 0 Å².